The maximum atomic E-state index is 11.7. The summed E-state index contributed by atoms with van der Waals surface area (Å²) in [5, 5.41) is 0.861. The molecule has 1 aliphatic rings. The van der Waals surface area contributed by atoms with Gasteiger partial charge in [0.25, 0.3) is 0 Å². The average Bonchev–Trinajstić information content (AvgIpc) is 2.92. The fourth-order valence-electron chi connectivity index (χ4n) is 2.78. The molecule has 0 bridgehead atoms. The summed E-state index contributed by atoms with van der Waals surface area (Å²) in [5.74, 6) is 0.603. The zero-order chi connectivity index (χ0) is 16.9. The van der Waals surface area contributed by atoms with E-state index in [4.69, 9.17) is 11.6 Å². The second-order valence-corrected chi connectivity index (χ2v) is 7.30. The molecule has 124 valence electrons. The number of benzene rings is 2. The zero-order valence-corrected chi connectivity index (χ0v) is 14.7. The summed E-state index contributed by atoms with van der Waals surface area (Å²) >= 11 is 7.73. The molecule has 0 spiro atoms. The Balaban J connectivity index is 1.72. The van der Waals surface area contributed by atoms with Crippen LogP contribution < -0.4 is 0 Å². The number of carbonyl (C=O) groups is 2. The molecule has 1 aliphatic heterocycles. The molecule has 1 atom stereocenters. The molecule has 0 saturated carbocycles. The van der Waals surface area contributed by atoms with Crippen LogP contribution in [0.25, 0.3) is 0 Å². The van der Waals surface area contributed by atoms with Gasteiger partial charge in [0.05, 0.1) is 5.25 Å². The van der Waals surface area contributed by atoms with Gasteiger partial charge in [-0.15, -0.1) is 11.8 Å². The van der Waals surface area contributed by atoms with Crippen LogP contribution >= 0.6 is 23.4 Å². The van der Waals surface area contributed by atoms with E-state index in [9.17, 15) is 9.59 Å². The highest BCUT2D eigenvalue weighted by molar-refractivity contribution is 7.99. The van der Waals surface area contributed by atoms with Crippen molar-refractivity contribution >= 4 is 35.2 Å². The van der Waals surface area contributed by atoms with E-state index in [0.717, 1.165) is 5.56 Å². The smallest absolute Gasteiger partial charge is 0.229 e. The summed E-state index contributed by atoms with van der Waals surface area (Å²) < 4.78 is 0. The fraction of sp³-hybridized carbons (Fsp3) is 0.263. The van der Waals surface area contributed by atoms with Crippen molar-refractivity contribution in [3.63, 3.8) is 0 Å². The highest BCUT2D eigenvalue weighted by Crippen LogP contribution is 2.36. The molecule has 0 aliphatic carbocycles. The number of amides is 2. The zero-order valence-electron chi connectivity index (χ0n) is 13.2. The van der Waals surface area contributed by atoms with Gasteiger partial charge >= 0.3 is 0 Å². The van der Waals surface area contributed by atoms with E-state index < -0.39 is 0 Å². The Morgan fingerprint density at radius 1 is 0.917 bits per heavy atom. The Morgan fingerprint density at radius 3 is 2.12 bits per heavy atom. The van der Waals surface area contributed by atoms with Gasteiger partial charge in [0.1, 0.15) is 0 Å². The van der Waals surface area contributed by atoms with E-state index >= 15 is 0 Å². The average molecular weight is 360 g/mol. The van der Waals surface area contributed by atoms with Crippen LogP contribution in [0.1, 0.15) is 29.2 Å². The van der Waals surface area contributed by atoms with E-state index in [0.29, 0.717) is 30.2 Å². The van der Waals surface area contributed by atoms with Gasteiger partial charge in [-0.25, -0.2) is 0 Å². The van der Waals surface area contributed by atoms with E-state index in [1.807, 2.05) is 42.5 Å². The van der Waals surface area contributed by atoms with Crippen molar-refractivity contribution < 1.29 is 9.59 Å². The van der Waals surface area contributed by atoms with E-state index in [1.165, 1.54) is 10.5 Å². The lowest BCUT2D eigenvalue weighted by Gasteiger charge is -2.20. The minimum Gasteiger partial charge on any atom is -0.282 e. The summed E-state index contributed by atoms with van der Waals surface area (Å²) in [7, 11) is 0. The Morgan fingerprint density at radius 2 is 1.50 bits per heavy atom. The van der Waals surface area contributed by atoms with Crippen LogP contribution in [-0.4, -0.2) is 29.0 Å². The van der Waals surface area contributed by atoms with Crippen molar-refractivity contribution in [1.29, 1.82) is 0 Å². The molecule has 1 unspecified atom stereocenters. The standard InChI is InChI=1S/C19H18ClNO2S/c20-16-8-6-15(7-9-16)19(14-4-2-1-3-5-14)24-13-12-21-17(22)10-11-18(21)23/h1-9,19H,10-13H2. The van der Waals surface area contributed by atoms with Crippen molar-refractivity contribution in [3.8, 4) is 0 Å². The summed E-state index contributed by atoms with van der Waals surface area (Å²) in [6, 6.07) is 18.1. The first kappa shape index (κ1) is 17.1. The number of nitrogens with zero attached hydrogens (tertiary/aromatic N) is 1. The lowest BCUT2D eigenvalue weighted by Crippen LogP contribution is -2.31. The molecule has 2 amide bonds. The topological polar surface area (TPSA) is 37.4 Å². The van der Waals surface area contributed by atoms with E-state index in [-0.39, 0.29) is 17.1 Å². The van der Waals surface area contributed by atoms with Gasteiger partial charge in [-0.1, -0.05) is 54.1 Å². The van der Waals surface area contributed by atoms with Crippen LogP contribution in [0.15, 0.2) is 54.6 Å². The minimum absolute atomic E-state index is 0.0524. The fourth-order valence-corrected chi connectivity index (χ4v) is 4.13. The van der Waals surface area contributed by atoms with Gasteiger partial charge in [-0.3, -0.25) is 14.5 Å². The molecule has 5 heteroatoms. The number of halogens is 1. The molecule has 2 aromatic rings. The Bertz CT molecular complexity index is 702. The molecular weight excluding hydrogens is 342 g/mol. The third-order valence-electron chi connectivity index (χ3n) is 4.03. The quantitative estimate of drug-likeness (QED) is 0.721. The van der Waals surface area contributed by atoms with Crippen molar-refractivity contribution in [2.24, 2.45) is 0 Å². The van der Waals surface area contributed by atoms with Gasteiger partial charge in [0.15, 0.2) is 0 Å². The van der Waals surface area contributed by atoms with Crippen molar-refractivity contribution in [2.45, 2.75) is 18.1 Å². The highest BCUT2D eigenvalue weighted by atomic mass is 35.5. The molecular formula is C19H18ClNO2S. The van der Waals surface area contributed by atoms with Gasteiger partial charge in [-0.05, 0) is 23.3 Å². The van der Waals surface area contributed by atoms with Crippen LogP contribution in [0.3, 0.4) is 0 Å². The third kappa shape index (κ3) is 4.00. The number of thioether (sulfide) groups is 1. The van der Waals surface area contributed by atoms with Gasteiger partial charge < -0.3 is 0 Å². The lowest BCUT2D eigenvalue weighted by molar-refractivity contribution is -0.137. The second-order valence-electron chi connectivity index (χ2n) is 5.65. The van der Waals surface area contributed by atoms with Crippen molar-refractivity contribution in [2.75, 3.05) is 12.3 Å². The maximum Gasteiger partial charge on any atom is 0.229 e. The number of rotatable bonds is 6. The first-order valence-corrected chi connectivity index (χ1v) is 9.33. The molecule has 0 radical (unpaired) electrons. The van der Waals surface area contributed by atoms with Crippen molar-refractivity contribution in [1.82, 2.24) is 4.90 Å². The minimum atomic E-state index is -0.0524. The number of imide groups is 1. The lowest BCUT2D eigenvalue weighted by atomic mass is 10.0. The van der Waals surface area contributed by atoms with Gasteiger partial charge in [0, 0.05) is 30.2 Å². The molecule has 1 saturated heterocycles. The SMILES string of the molecule is O=C1CCC(=O)N1CCSC(c1ccccc1)c1ccc(Cl)cc1. The van der Waals surface area contributed by atoms with Crippen LogP contribution in [0.4, 0.5) is 0 Å². The summed E-state index contributed by atoms with van der Waals surface area (Å²) in [5.41, 5.74) is 2.36. The summed E-state index contributed by atoms with van der Waals surface area (Å²) in [4.78, 5) is 24.8. The normalized spacial score (nSPS) is 15.8. The third-order valence-corrected chi connectivity index (χ3v) is 5.58. The van der Waals surface area contributed by atoms with Crippen LogP contribution in [-0.2, 0) is 9.59 Å². The first-order chi connectivity index (χ1) is 11.6. The number of hydrogen-bond acceptors (Lipinski definition) is 3. The summed E-state index contributed by atoms with van der Waals surface area (Å²) in [6.45, 7) is 0.471. The Kier molecular flexibility index (Phi) is 5.59. The molecule has 1 heterocycles. The predicted octanol–water partition coefficient (Wildman–Crippen LogP) is 4.31. The molecule has 24 heavy (non-hydrogen) atoms. The predicted molar refractivity (Wildman–Crippen MR) is 98.1 cm³/mol. The molecule has 3 nitrogen and oxygen atoms in total. The first-order valence-electron chi connectivity index (χ1n) is 7.90. The van der Waals surface area contributed by atoms with Crippen molar-refractivity contribution in [3.05, 3.63) is 70.7 Å². The Hall–Kier alpha value is -1.78. The number of likely N-dealkylation sites (tertiary alicyclic amines) is 1. The molecule has 0 N–H and O–H groups in total. The van der Waals surface area contributed by atoms with Crippen LogP contribution in [0.2, 0.25) is 5.02 Å². The van der Waals surface area contributed by atoms with Crippen LogP contribution in [0.5, 0.6) is 0 Å². The monoisotopic (exact) mass is 359 g/mol. The van der Waals surface area contributed by atoms with E-state index in [2.05, 4.69) is 12.1 Å². The largest absolute Gasteiger partial charge is 0.282 e. The molecule has 3 rings (SSSR count). The highest BCUT2D eigenvalue weighted by Gasteiger charge is 2.28. The van der Waals surface area contributed by atoms with Gasteiger partial charge in [0.2, 0.25) is 11.8 Å². The maximum absolute atomic E-state index is 11.7. The number of carbonyl (C=O) groups excluding carboxylic acids is 2. The van der Waals surface area contributed by atoms with E-state index in [1.54, 1.807) is 11.8 Å². The molecule has 1 fully saturated rings. The molecule has 0 aromatic heterocycles. The van der Waals surface area contributed by atoms with Crippen LogP contribution in [0, 0.1) is 0 Å². The second kappa shape index (κ2) is 7.86. The number of hydrogen-bond donors (Lipinski definition) is 0. The Labute approximate surface area is 151 Å². The van der Waals surface area contributed by atoms with Gasteiger partial charge in [-0.2, -0.15) is 0 Å². The molecule has 2 aromatic carbocycles. The summed E-state index contributed by atoms with van der Waals surface area (Å²) in [6.07, 6.45) is 0.700.